The van der Waals surface area contributed by atoms with Crippen LogP contribution in [0, 0.1) is 0 Å². The van der Waals surface area contributed by atoms with Crippen molar-refractivity contribution in [1.82, 2.24) is 0 Å². The monoisotopic (exact) mass is 496 g/mol. The van der Waals surface area contributed by atoms with Crippen molar-refractivity contribution >= 4 is 11.8 Å². The van der Waals surface area contributed by atoms with Gasteiger partial charge in [-0.25, -0.2) is 0 Å². The Morgan fingerprint density at radius 3 is 2.26 bits per heavy atom. The second kappa shape index (κ2) is 11.9. The molecule has 0 aromatic heterocycles. The van der Waals surface area contributed by atoms with Gasteiger partial charge in [0.1, 0.15) is 0 Å². The molecule has 2 aromatic rings. The molecule has 0 saturated heterocycles. The first-order chi connectivity index (χ1) is 16.2. The lowest BCUT2D eigenvalue weighted by Gasteiger charge is -2.39. The first-order valence-electron chi connectivity index (χ1n) is 12.1. The molecule has 0 aliphatic heterocycles. The van der Waals surface area contributed by atoms with E-state index in [4.69, 9.17) is 0 Å². The van der Waals surface area contributed by atoms with E-state index in [1.165, 1.54) is 12.0 Å². The van der Waals surface area contributed by atoms with Gasteiger partial charge in [0.15, 0.2) is 6.10 Å². The molecule has 0 radical (unpaired) electrons. The zero-order valence-electron chi connectivity index (χ0n) is 19.7. The molecule has 0 spiro atoms. The lowest BCUT2D eigenvalue weighted by Crippen LogP contribution is -2.31. The predicted molar refractivity (Wildman–Crippen MR) is 130 cm³/mol. The average Bonchev–Trinajstić information content (AvgIpc) is 2.85. The van der Waals surface area contributed by atoms with Gasteiger partial charge in [-0.1, -0.05) is 56.5 Å². The summed E-state index contributed by atoms with van der Waals surface area (Å²) in [5.41, 5.74) is 4.93. The van der Waals surface area contributed by atoms with Crippen molar-refractivity contribution in [1.29, 1.82) is 0 Å². The van der Waals surface area contributed by atoms with Crippen LogP contribution in [0.5, 0.6) is 0 Å². The van der Waals surface area contributed by atoms with Gasteiger partial charge in [-0.05, 0) is 71.4 Å². The van der Waals surface area contributed by atoms with E-state index in [0.29, 0.717) is 0 Å². The van der Waals surface area contributed by atoms with E-state index in [1.807, 2.05) is 31.2 Å². The van der Waals surface area contributed by atoms with Gasteiger partial charge in [0, 0.05) is 10.6 Å². The summed E-state index contributed by atoms with van der Waals surface area (Å²) in [6.45, 7) is 1.82. The molecule has 3 rings (SSSR count). The number of benzene rings is 2. The van der Waals surface area contributed by atoms with Gasteiger partial charge in [-0.3, -0.25) is 0 Å². The smallest absolute Gasteiger partial charge is 0.392 e. The summed E-state index contributed by atoms with van der Waals surface area (Å²) in [5, 5.41) is 28.5. The average molecular weight is 497 g/mol. The molecule has 7 heteroatoms. The third-order valence-electron chi connectivity index (χ3n) is 7.14. The minimum Gasteiger partial charge on any atom is -0.392 e. The number of hydrogen-bond acceptors (Lipinski definition) is 4. The summed E-state index contributed by atoms with van der Waals surface area (Å²) < 4.78 is 38.2. The minimum absolute atomic E-state index is 0.0197. The normalized spacial score (nSPS) is 17.0. The van der Waals surface area contributed by atoms with E-state index in [-0.39, 0.29) is 18.6 Å². The number of aliphatic hydroxyl groups excluding tert-OH is 3. The number of aliphatic hydroxyl groups is 3. The van der Waals surface area contributed by atoms with E-state index < -0.39 is 18.0 Å². The minimum atomic E-state index is -4.60. The van der Waals surface area contributed by atoms with Crippen molar-refractivity contribution < 1.29 is 28.5 Å². The summed E-state index contributed by atoms with van der Waals surface area (Å²) in [4.78, 5) is 0.799. The van der Waals surface area contributed by atoms with E-state index in [2.05, 4.69) is 12.1 Å². The Bertz CT molecular complexity index is 939. The van der Waals surface area contributed by atoms with E-state index in [1.54, 1.807) is 0 Å². The maximum atomic E-state index is 12.7. The molecule has 0 bridgehead atoms. The Kier molecular flexibility index (Phi) is 9.49. The first-order valence-corrected chi connectivity index (χ1v) is 13.0. The molecule has 0 heterocycles. The van der Waals surface area contributed by atoms with Crippen LogP contribution in [0.15, 0.2) is 41.3 Å². The van der Waals surface area contributed by atoms with Crippen LogP contribution in [0.4, 0.5) is 13.2 Å². The maximum absolute atomic E-state index is 12.7. The molecule has 3 N–H and O–H groups in total. The van der Waals surface area contributed by atoms with Crippen molar-refractivity contribution in [3.8, 4) is 0 Å². The van der Waals surface area contributed by atoms with Crippen molar-refractivity contribution in [2.45, 2.75) is 94.1 Å². The highest BCUT2D eigenvalue weighted by atomic mass is 32.2. The highest BCUT2D eigenvalue weighted by molar-refractivity contribution is 7.99. The molecule has 1 aliphatic carbocycles. The van der Waals surface area contributed by atoms with Gasteiger partial charge in [0.05, 0.1) is 13.2 Å². The summed E-state index contributed by atoms with van der Waals surface area (Å²) in [7, 11) is 0. The molecule has 1 aliphatic rings. The van der Waals surface area contributed by atoms with Crippen molar-refractivity contribution in [3.63, 3.8) is 0 Å². The predicted octanol–water partition coefficient (Wildman–Crippen LogP) is 6.08. The van der Waals surface area contributed by atoms with Crippen LogP contribution in [0.2, 0.25) is 0 Å². The number of alkyl halides is 3. The van der Waals surface area contributed by atoms with E-state index in [0.717, 1.165) is 83.9 Å². The number of hydrogen-bond donors (Lipinski definition) is 3. The van der Waals surface area contributed by atoms with Gasteiger partial charge in [0.2, 0.25) is 0 Å². The Labute approximate surface area is 204 Å². The van der Waals surface area contributed by atoms with E-state index >= 15 is 0 Å². The molecular weight excluding hydrogens is 461 g/mol. The molecule has 2 aromatic carbocycles. The molecule has 34 heavy (non-hydrogen) atoms. The highest BCUT2D eigenvalue weighted by Gasteiger charge is 2.38. The first kappa shape index (κ1) is 27.1. The zero-order chi connectivity index (χ0) is 24.8. The summed E-state index contributed by atoms with van der Waals surface area (Å²) in [6, 6.07) is 12.0. The Morgan fingerprint density at radius 1 is 0.941 bits per heavy atom. The van der Waals surface area contributed by atoms with Crippen LogP contribution < -0.4 is 0 Å². The fraction of sp³-hybridized carbons (Fsp3) is 0.556. The third-order valence-corrected chi connectivity index (χ3v) is 8.33. The number of thioether (sulfide) groups is 1. The Morgan fingerprint density at radius 2 is 1.65 bits per heavy atom. The molecule has 0 amide bonds. The van der Waals surface area contributed by atoms with Gasteiger partial charge < -0.3 is 15.3 Å². The molecule has 1 unspecified atom stereocenters. The zero-order valence-corrected chi connectivity index (χ0v) is 20.5. The van der Waals surface area contributed by atoms with Crippen LogP contribution in [-0.2, 0) is 31.5 Å². The van der Waals surface area contributed by atoms with Crippen molar-refractivity contribution in [3.05, 3.63) is 64.2 Å². The topological polar surface area (TPSA) is 60.7 Å². The number of aryl methyl sites for hydroxylation is 2. The molecule has 3 nitrogen and oxygen atoms in total. The summed E-state index contributed by atoms with van der Waals surface area (Å²) in [6.07, 6.45) is 1.29. The SMILES string of the molecule is CCc1cc(C2(CCc3ccc(CO)c(CO)c3)CCCCC2)ccc1SCC(O)C(F)(F)F. The Hall–Kier alpha value is -1.54. The maximum Gasteiger partial charge on any atom is 0.415 e. The van der Waals surface area contributed by atoms with Gasteiger partial charge >= 0.3 is 6.18 Å². The quantitative estimate of drug-likeness (QED) is 0.349. The second-order valence-electron chi connectivity index (χ2n) is 9.30. The van der Waals surface area contributed by atoms with Gasteiger partial charge in [0.25, 0.3) is 0 Å². The Balaban J connectivity index is 1.81. The van der Waals surface area contributed by atoms with Crippen LogP contribution in [0.3, 0.4) is 0 Å². The lowest BCUT2D eigenvalue weighted by molar-refractivity contribution is -0.195. The van der Waals surface area contributed by atoms with Crippen LogP contribution in [-0.4, -0.2) is 33.4 Å². The molecule has 188 valence electrons. The van der Waals surface area contributed by atoms with Gasteiger partial charge in [-0.15, -0.1) is 11.8 Å². The lowest BCUT2D eigenvalue weighted by atomic mass is 9.66. The number of rotatable bonds is 10. The van der Waals surface area contributed by atoms with Crippen molar-refractivity contribution in [2.75, 3.05) is 5.75 Å². The second-order valence-corrected chi connectivity index (χ2v) is 10.4. The van der Waals surface area contributed by atoms with Crippen LogP contribution in [0.1, 0.15) is 73.3 Å². The summed E-state index contributed by atoms with van der Waals surface area (Å²) in [5.74, 6) is -0.405. The fourth-order valence-corrected chi connectivity index (χ4v) is 6.10. The number of halogens is 3. The molecular formula is C27H35F3O3S. The largest absolute Gasteiger partial charge is 0.415 e. The summed E-state index contributed by atoms with van der Waals surface area (Å²) >= 11 is 1.06. The highest BCUT2D eigenvalue weighted by Crippen LogP contribution is 2.44. The molecule has 1 saturated carbocycles. The standard InChI is InChI=1S/C27H35F3O3S/c1-2-20-15-23(8-9-24(20)34-18-25(33)27(28,29)30)26(11-4-3-5-12-26)13-10-19-6-7-21(16-31)22(14-19)17-32/h6-9,14-15,25,31-33H,2-5,10-13,16-18H2,1H3. The van der Waals surface area contributed by atoms with Crippen molar-refractivity contribution in [2.24, 2.45) is 0 Å². The van der Waals surface area contributed by atoms with Crippen LogP contribution in [0.25, 0.3) is 0 Å². The van der Waals surface area contributed by atoms with Gasteiger partial charge in [-0.2, -0.15) is 13.2 Å². The molecule has 1 fully saturated rings. The fourth-order valence-electron chi connectivity index (χ4n) is 5.02. The van der Waals surface area contributed by atoms with Crippen LogP contribution >= 0.6 is 11.8 Å². The third kappa shape index (κ3) is 6.56. The molecule has 1 atom stereocenters. The van der Waals surface area contributed by atoms with E-state index in [9.17, 15) is 28.5 Å².